The summed E-state index contributed by atoms with van der Waals surface area (Å²) in [5, 5.41) is 8.58. The number of carbonyl (C=O) groups excluding carboxylic acids is 1. The molecule has 0 spiro atoms. The molecule has 0 aromatic heterocycles. The van der Waals surface area contributed by atoms with Gasteiger partial charge in [0.15, 0.2) is 4.90 Å². The van der Waals surface area contributed by atoms with Crippen LogP contribution >= 0.6 is 0 Å². The molecule has 0 saturated carbocycles. The van der Waals surface area contributed by atoms with E-state index in [1.165, 1.54) is 4.90 Å². The number of rotatable bonds is 4. The highest BCUT2D eigenvalue weighted by Gasteiger charge is 2.38. The van der Waals surface area contributed by atoms with Gasteiger partial charge in [0, 0.05) is 0 Å². The summed E-state index contributed by atoms with van der Waals surface area (Å²) in [5.41, 5.74) is 1.09. The van der Waals surface area contributed by atoms with E-state index in [1.807, 2.05) is 25.1 Å². The van der Waals surface area contributed by atoms with Crippen molar-refractivity contribution in [2.45, 2.75) is 17.9 Å². The van der Waals surface area contributed by atoms with Gasteiger partial charge < -0.3 is 9.45 Å². The first kappa shape index (κ1) is 12.9. The van der Waals surface area contributed by atoms with Crippen LogP contribution in [0.1, 0.15) is 5.56 Å². The van der Waals surface area contributed by atoms with Crippen LogP contribution < -0.4 is 4.72 Å². The molecule has 1 amide bonds. The van der Waals surface area contributed by atoms with Crippen molar-refractivity contribution >= 4 is 17.3 Å². The van der Waals surface area contributed by atoms with E-state index in [0.717, 1.165) is 5.56 Å². The Morgan fingerprint density at radius 1 is 1.61 bits per heavy atom. The van der Waals surface area contributed by atoms with Gasteiger partial charge in [-0.1, -0.05) is 17.7 Å². The van der Waals surface area contributed by atoms with Gasteiger partial charge in [-0.05, 0) is 19.1 Å². The van der Waals surface area contributed by atoms with E-state index in [9.17, 15) is 9.35 Å². The second-order valence-corrected chi connectivity index (χ2v) is 5.39. The Morgan fingerprint density at radius 3 is 2.83 bits per heavy atom. The summed E-state index contributed by atoms with van der Waals surface area (Å²) < 4.78 is 14.5. The predicted octanol–water partition coefficient (Wildman–Crippen LogP) is 0.342. The fourth-order valence-electron chi connectivity index (χ4n) is 1.50. The standard InChI is InChI=1S/C12H13N3O2S/c1-9-2-4-11(5-3-9)18(17)14-7-12(16)15-8-10(15)6-13/h2-5,10,14H,7-8H2,1H3. The van der Waals surface area contributed by atoms with Crippen molar-refractivity contribution in [1.82, 2.24) is 9.62 Å². The summed E-state index contributed by atoms with van der Waals surface area (Å²) in [6, 6.07) is 8.96. The van der Waals surface area contributed by atoms with Gasteiger partial charge in [0.25, 0.3) is 0 Å². The molecule has 6 heteroatoms. The number of hydrogen-bond donors (Lipinski definition) is 1. The van der Waals surface area contributed by atoms with Gasteiger partial charge in [-0.3, -0.25) is 4.79 Å². The van der Waals surface area contributed by atoms with Crippen molar-refractivity contribution in [3.8, 4) is 6.07 Å². The number of nitriles is 1. The first-order valence-corrected chi connectivity index (χ1v) is 6.68. The Hall–Kier alpha value is -1.55. The lowest BCUT2D eigenvalue weighted by Gasteiger charge is -2.10. The number of aryl methyl sites for hydroxylation is 1. The van der Waals surface area contributed by atoms with Gasteiger partial charge in [0.1, 0.15) is 12.6 Å². The summed E-state index contributed by atoms with van der Waals surface area (Å²) >= 11 is -1.39. The zero-order valence-corrected chi connectivity index (χ0v) is 10.7. The number of hydrogen-bond acceptors (Lipinski definition) is 4. The summed E-state index contributed by atoms with van der Waals surface area (Å²) in [6.07, 6.45) is 0. The minimum atomic E-state index is -1.39. The molecule has 1 heterocycles. The van der Waals surface area contributed by atoms with Crippen LogP contribution in [0, 0.1) is 18.3 Å². The average Bonchev–Trinajstić information content (AvgIpc) is 3.16. The first-order valence-electron chi connectivity index (χ1n) is 5.53. The summed E-state index contributed by atoms with van der Waals surface area (Å²) in [4.78, 5) is 13.6. The third-order valence-electron chi connectivity index (χ3n) is 2.67. The maximum absolute atomic E-state index is 11.8. The Labute approximate surface area is 109 Å². The molecule has 0 aliphatic carbocycles. The molecule has 2 unspecified atom stereocenters. The van der Waals surface area contributed by atoms with E-state index in [4.69, 9.17) is 5.26 Å². The summed E-state index contributed by atoms with van der Waals surface area (Å²) in [5.74, 6) is -0.193. The van der Waals surface area contributed by atoms with Gasteiger partial charge in [-0.25, -0.2) is 0 Å². The predicted molar refractivity (Wildman–Crippen MR) is 66.7 cm³/mol. The summed E-state index contributed by atoms with van der Waals surface area (Å²) in [7, 11) is 0. The molecule has 1 aliphatic heterocycles. The van der Waals surface area contributed by atoms with Gasteiger partial charge in [-0.15, -0.1) is 4.72 Å². The normalized spacial score (nSPS) is 19.2. The molecule has 1 aromatic rings. The van der Waals surface area contributed by atoms with E-state index in [1.54, 1.807) is 12.1 Å². The van der Waals surface area contributed by atoms with Crippen LogP contribution in [0.25, 0.3) is 0 Å². The van der Waals surface area contributed by atoms with Crippen LogP contribution in [0.15, 0.2) is 29.2 Å². The molecule has 1 aliphatic rings. The topological polar surface area (TPSA) is 79.0 Å². The maximum atomic E-state index is 11.8. The van der Waals surface area contributed by atoms with Crippen molar-refractivity contribution in [1.29, 1.82) is 5.26 Å². The van der Waals surface area contributed by atoms with Crippen molar-refractivity contribution in [2.75, 3.05) is 13.1 Å². The first-order chi connectivity index (χ1) is 8.61. The van der Waals surface area contributed by atoms with Crippen molar-refractivity contribution in [3.05, 3.63) is 29.8 Å². The number of nitrogens with zero attached hydrogens (tertiary/aromatic N) is 2. The SMILES string of the molecule is Cc1ccc([S+]([O-])NCC(=O)N2CC2C#N)cc1. The third kappa shape index (κ3) is 3.01. The molecule has 1 fully saturated rings. The smallest absolute Gasteiger partial charge is 0.242 e. The molecule has 0 radical (unpaired) electrons. The monoisotopic (exact) mass is 263 g/mol. The average molecular weight is 263 g/mol. The number of nitrogens with one attached hydrogen (secondary N) is 1. The molecular formula is C12H13N3O2S. The second-order valence-electron chi connectivity index (χ2n) is 4.09. The molecule has 2 rings (SSSR count). The van der Waals surface area contributed by atoms with E-state index < -0.39 is 11.4 Å². The van der Waals surface area contributed by atoms with E-state index >= 15 is 0 Å². The van der Waals surface area contributed by atoms with Gasteiger partial charge in [-0.2, -0.15) is 5.26 Å². The number of benzene rings is 1. The van der Waals surface area contributed by atoms with Crippen molar-refractivity contribution in [3.63, 3.8) is 0 Å². The van der Waals surface area contributed by atoms with Gasteiger partial charge in [0.2, 0.25) is 5.91 Å². The van der Waals surface area contributed by atoms with Crippen LogP contribution in [0.3, 0.4) is 0 Å². The molecule has 18 heavy (non-hydrogen) atoms. The van der Waals surface area contributed by atoms with Crippen LogP contribution in [0.4, 0.5) is 0 Å². The highest BCUT2D eigenvalue weighted by atomic mass is 32.2. The molecular weight excluding hydrogens is 250 g/mol. The molecule has 2 atom stereocenters. The third-order valence-corrected chi connectivity index (χ3v) is 3.78. The Morgan fingerprint density at radius 2 is 2.28 bits per heavy atom. The molecule has 5 nitrogen and oxygen atoms in total. The van der Waals surface area contributed by atoms with E-state index in [2.05, 4.69) is 4.72 Å². The van der Waals surface area contributed by atoms with Crippen LogP contribution in [0.5, 0.6) is 0 Å². The lowest BCUT2D eigenvalue weighted by Crippen LogP contribution is -2.33. The van der Waals surface area contributed by atoms with Crippen molar-refractivity contribution in [2.24, 2.45) is 0 Å². The minimum absolute atomic E-state index is 0.0152. The lowest BCUT2D eigenvalue weighted by molar-refractivity contribution is -0.124. The van der Waals surface area contributed by atoms with Crippen LogP contribution in [-0.2, 0) is 16.2 Å². The summed E-state index contributed by atoms with van der Waals surface area (Å²) in [6.45, 7) is 2.42. The Kier molecular flexibility index (Phi) is 3.87. The molecule has 1 saturated heterocycles. The van der Waals surface area contributed by atoms with Crippen LogP contribution in [-0.4, -0.2) is 34.5 Å². The number of carbonyl (C=O) groups is 1. The Bertz CT molecular complexity index is 483. The molecule has 1 aromatic carbocycles. The molecule has 1 N–H and O–H groups in total. The number of amides is 1. The quantitative estimate of drug-likeness (QED) is 0.627. The zero-order valence-electron chi connectivity index (χ0n) is 9.92. The zero-order chi connectivity index (χ0) is 13.1. The van der Waals surface area contributed by atoms with E-state index in [0.29, 0.717) is 11.4 Å². The lowest BCUT2D eigenvalue weighted by atomic mass is 10.2. The molecule has 0 bridgehead atoms. The largest absolute Gasteiger partial charge is 0.593 e. The van der Waals surface area contributed by atoms with E-state index in [-0.39, 0.29) is 18.5 Å². The van der Waals surface area contributed by atoms with Gasteiger partial charge in [0.05, 0.1) is 24.0 Å². The van der Waals surface area contributed by atoms with Gasteiger partial charge >= 0.3 is 0 Å². The highest BCUT2D eigenvalue weighted by Crippen LogP contribution is 2.16. The molecule has 94 valence electrons. The Balaban J connectivity index is 1.82. The maximum Gasteiger partial charge on any atom is 0.242 e. The van der Waals surface area contributed by atoms with Crippen LogP contribution in [0.2, 0.25) is 0 Å². The second kappa shape index (κ2) is 5.40. The fourth-order valence-corrected chi connectivity index (χ4v) is 2.30. The minimum Gasteiger partial charge on any atom is -0.593 e. The highest BCUT2D eigenvalue weighted by molar-refractivity contribution is 7.89. The van der Waals surface area contributed by atoms with Crippen molar-refractivity contribution < 1.29 is 9.35 Å². The fraction of sp³-hybridized carbons (Fsp3) is 0.333.